The van der Waals surface area contributed by atoms with Crippen molar-refractivity contribution in [2.45, 2.75) is 26.3 Å². The first-order chi connectivity index (χ1) is 8.15. The molecule has 0 aliphatic rings. The molecule has 0 saturated heterocycles. The smallest absolute Gasteiger partial charge is 0.105 e. The van der Waals surface area contributed by atoms with Gasteiger partial charge in [0.1, 0.15) is 5.76 Å². The van der Waals surface area contributed by atoms with E-state index in [4.69, 9.17) is 16.0 Å². The number of hydrogen-bond donors (Lipinski definition) is 1. The molecule has 0 aliphatic carbocycles. The summed E-state index contributed by atoms with van der Waals surface area (Å²) in [6.07, 6.45) is 2.54. The van der Waals surface area contributed by atoms with Gasteiger partial charge in [0.25, 0.3) is 0 Å². The summed E-state index contributed by atoms with van der Waals surface area (Å²) in [6, 6.07) is 10.2. The molecule has 1 aromatic heterocycles. The summed E-state index contributed by atoms with van der Waals surface area (Å²) in [5.41, 5.74) is 2.13. The van der Waals surface area contributed by atoms with Crippen molar-refractivity contribution < 1.29 is 4.42 Å². The minimum absolute atomic E-state index is 0.279. The van der Waals surface area contributed by atoms with Gasteiger partial charge >= 0.3 is 0 Å². The lowest BCUT2D eigenvalue weighted by molar-refractivity contribution is 0.498. The van der Waals surface area contributed by atoms with Crippen LogP contribution in [0.5, 0.6) is 0 Å². The van der Waals surface area contributed by atoms with Crippen LogP contribution >= 0.6 is 11.6 Å². The van der Waals surface area contributed by atoms with Gasteiger partial charge in [0.2, 0.25) is 0 Å². The van der Waals surface area contributed by atoms with Crippen molar-refractivity contribution in [1.82, 2.24) is 0 Å². The molecular weight excluding hydrogens is 234 g/mol. The molecule has 2 aromatic rings. The Balaban J connectivity index is 2.00. The fourth-order valence-corrected chi connectivity index (χ4v) is 2.07. The van der Waals surface area contributed by atoms with Crippen LogP contribution in [0.2, 0.25) is 5.02 Å². The summed E-state index contributed by atoms with van der Waals surface area (Å²) < 4.78 is 5.32. The van der Waals surface area contributed by atoms with Crippen LogP contribution in [0.25, 0.3) is 0 Å². The third kappa shape index (κ3) is 3.27. The maximum Gasteiger partial charge on any atom is 0.105 e. The summed E-state index contributed by atoms with van der Waals surface area (Å²) in [4.78, 5) is 0. The van der Waals surface area contributed by atoms with Crippen LogP contribution in [0, 0.1) is 6.92 Å². The van der Waals surface area contributed by atoms with Crippen molar-refractivity contribution in [1.29, 1.82) is 0 Å². The third-order valence-electron chi connectivity index (χ3n) is 2.61. The maximum absolute atomic E-state index is 6.17. The van der Waals surface area contributed by atoms with E-state index in [0.717, 1.165) is 22.9 Å². The maximum atomic E-state index is 6.17. The quantitative estimate of drug-likeness (QED) is 0.875. The van der Waals surface area contributed by atoms with E-state index in [0.29, 0.717) is 0 Å². The molecule has 1 heterocycles. The molecule has 2 rings (SSSR count). The highest BCUT2D eigenvalue weighted by Gasteiger charge is 2.07. The normalized spacial score (nSPS) is 12.4. The highest BCUT2D eigenvalue weighted by atomic mass is 35.5. The second-order valence-electron chi connectivity index (χ2n) is 4.31. The Bertz CT molecular complexity index is 479. The molecule has 1 unspecified atom stereocenters. The van der Waals surface area contributed by atoms with Crippen LogP contribution in [-0.2, 0) is 6.42 Å². The van der Waals surface area contributed by atoms with E-state index in [1.165, 1.54) is 5.56 Å². The van der Waals surface area contributed by atoms with Crippen LogP contribution in [0.3, 0.4) is 0 Å². The first-order valence-corrected chi connectivity index (χ1v) is 6.08. The Morgan fingerprint density at radius 2 is 2.18 bits per heavy atom. The molecule has 17 heavy (non-hydrogen) atoms. The van der Waals surface area contributed by atoms with Crippen LogP contribution in [0.15, 0.2) is 41.0 Å². The van der Waals surface area contributed by atoms with Crippen LogP contribution in [0.4, 0.5) is 5.69 Å². The van der Waals surface area contributed by atoms with Gasteiger partial charge in [0, 0.05) is 12.5 Å². The van der Waals surface area contributed by atoms with Crippen LogP contribution in [-0.4, -0.2) is 6.04 Å². The SMILES string of the molecule is Cc1ccc(NC(C)Cc2ccco2)c(Cl)c1. The molecule has 0 spiro atoms. The average molecular weight is 250 g/mol. The van der Waals surface area contributed by atoms with Crippen molar-refractivity contribution in [2.24, 2.45) is 0 Å². The minimum atomic E-state index is 0.279. The lowest BCUT2D eigenvalue weighted by atomic mass is 10.1. The number of benzene rings is 1. The first kappa shape index (κ1) is 12.1. The van der Waals surface area contributed by atoms with E-state index in [1.807, 2.05) is 37.3 Å². The summed E-state index contributed by atoms with van der Waals surface area (Å²) in [5.74, 6) is 0.980. The Kier molecular flexibility index (Phi) is 3.75. The zero-order chi connectivity index (χ0) is 12.3. The second kappa shape index (κ2) is 5.28. The number of halogens is 1. The Hall–Kier alpha value is -1.41. The highest BCUT2D eigenvalue weighted by molar-refractivity contribution is 6.33. The number of furan rings is 1. The Morgan fingerprint density at radius 1 is 1.35 bits per heavy atom. The van der Waals surface area contributed by atoms with E-state index < -0.39 is 0 Å². The van der Waals surface area contributed by atoms with Crippen molar-refractivity contribution in [2.75, 3.05) is 5.32 Å². The molecule has 1 atom stereocenters. The van der Waals surface area contributed by atoms with Gasteiger partial charge in [0.05, 0.1) is 17.0 Å². The average Bonchev–Trinajstić information content (AvgIpc) is 2.75. The molecule has 0 amide bonds. The topological polar surface area (TPSA) is 25.2 Å². The van der Waals surface area contributed by atoms with E-state index in [-0.39, 0.29) is 6.04 Å². The largest absolute Gasteiger partial charge is 0.469 e. The van der Waals surface area contributed by atoms with Gasteiger partial charge in [-0.2, -0.15) is 0 Å². The minimum Gasteiger partial charge on any atom is -0.469 e. The molecule has 1 aromatic carbocycles. The third-order valence-corrected chi connectivity index (χ3v) is 2.93. The van der Waals surface area contributed by atoms with Gasteiger partial charge < -0.3 is 9.73 Å². The van der Waals surface area contributed by atoms with Gasteiger partial charge in [-0.25, -0.2) is 0 Å². The molecule has 3 heteroatoms. The predicted octanol–water partition coefficient (Wildman–Crippen LogP) is 4.28. The summed E-state index contributed by atoms with van der Waals surface area (Å²) in [6.45, 7) is 4.14. The first-order valence-electron chi connectivity index (χ1n) is 5.70. The molecule has 0 aliphatic heterocycles. The Labute approximate surface area is 107 Å². The monoisotopic (exact) mass is 249 g/mol. The Morgan fingerprint density at radius 3 is 2.82 bits per heavy atom. The van der Waals surface area contributed by atoms with Gasteiger partial charge in [-0.05, 0) is 43.7 Å². The summed E-state index contributed by atoms with van der Waals surface area (Å²) in [5, 5.41) is 4.14. The predicted molar refractivity (Wildman–Crippen MR) is 71.7 cm³/mol. The fourth-order valence-electron chi connectivity index (χ4n) is 1.78. The summed E-state index contributed by atoms with van der Waals surface area (Å²) >= 11 is 6.17. The van der Waals surface area contributed by atoms with Crippen LogP contribution < -0.4 is 5.32 Å². The van der Waals surface area contributed by atoms with Gasteiger partial charge in [-0.15, -0.1) is 0 Å². The molecule has 0 radical (unpaired) electrons. The number of anilines is 1. The molecule has 0 bridgehead atoms. The standard InChI is InChI=1S/C14H16ClNO/c1-10-5-6-14(13(15)8-10)16-11(2)9-12-4-3-7-17-12/h3-8,11,16H,9H2,1-2H3. The molecule has 90 valence electrons. The zero-order valence-corrected chi connectivity index (χ0v) is 10.8. The highest BCUT2D eigenvalue weighted by Crippen LogP contribution is 2.23. The number of nitrogens with one attached hydrogen (secondary N) is 1. The molecule has 2 nitrogen and oxygen atoms in total. The molecule has 1 N–H and O–H groups in total. The van der Waals surface area contributed by atoms with E-state index in [9.17, 15) is 0 Å². The van der Waals surface area contributed by atoms with E-state index in [1.54, 1.807) is 6.26 Å². The van der Waals surface area contributed by atoms with Crippen molar-refractivity contribution >= 4 is 17.3 Å². The second-order valence-corrected chi connectivity index (χ2v) is 4.72. The summed E-state index contributed by atoms with van der Waals surface area (Å²) in [7, 11) is 0. The van der Waals surface area contributed by atoms with Crippen molar-refractivity contribution in [3.8, 4) is 0 Å². The molecule has 0 fully saturated rings. The van der Waals surface area contributed by atoms with Crippen molar-refractivity contribution in [3.05, 3.63) is 52.9 Å². The van der Waals surface area contributed by atoms with E-state index in [2.05, 4.69) is 12.2 Å². The van der Waals surface area contributed by atoms with Crippen molar-refractivity contribution in [3.63, 3.8) is 0 Å². The van der Waals surface area contributed by atoms with Crippen LogP contribution in [0.1, 0.15) is 18.2 Å². The number of aryl methyl sites for hydroxylation is 1. The van der Waals surface area contributed by atoms with Gasteiger partial charge in [0.15, 0.2) is 0 Å². The molecule has 0 saturated carbocycles. The lowest BCUT2D eigenvalue weighted by Crippen LogP contribution is -2.17. The number of hydrogen-bond acceptors (Lipinski definition) is 2. The zero-order valence-electron chi connectivity index (χ0n) is 10.0. The number of rotatable bonds is 4. The van der Waals surface area contributed by atoms with Gasteiger partial charge in [-0.1, -0.05) is 17.7 Å². The fraction of sp³-hybridized carbons (Fsp3) is 0.286. The molecular formula is C14H16ClNO. The lowest BCUT2D eigenvalue weighted by Gasteiger charge is -2.15. The van der Waals surface area contributed by atoms with Gasteiger partial charge in [-0.3, -0.25) is 0 Å². The van der Waals surface area contributed by atoms with E-state index >= 15 is 0 Å².